The smallest absolute Gasteiger partial charge is 0.358 e. The number of hydrogen-bond donors (Lipinski definition) is 5. The molecule has 3 aromatic heterocycles. The van der Waals surface area contributed by atoms with E-state index in [0.29, 0.717) is 21.1 Å². The van der Waals surface area contributed by atoms with Crippen molar-refractivity contribution in [2.24, 2.45) is 10.3 Å². The number of hydrogen-bond acceptors (Lipinski definition) is 14. The van der Waals surface area contributed by atoms with Crippen LogP contribution in [0.25, 0.3) is 0 Å². The number of aryl methyl sites for hydroxylation is 1. The molecule has 0 aliphatic carbocycles. The molecule has 0 saturated heterocycles. The number of aliphatic carboxylic acids is 2. The average Bonchev–Trinajstić information content (AvgIpc) is 3.56. The minimum Gasteiger partial charge on any atom is -0.476 e. The van der Waals surface area contributed by atoms with Crippen molar-refractivity contribution in [2.75, 3.05) is 30.2 Å². The van der Waals surface area contributed by atoms with Gasteiger partial charge in [-0.05, 0) is 31.2 Å². The van der Waals surface area contributed by atoms with Gasteiger partial charge in [-0.2, -0.15) is 15.0 Å². The van der Waals surface area contributed by atoms with Crippen molar-refractivity contribution in [3.8, 4) is 0 Å². The second kappa shape index (κ2) is 12.6. The maximum Gasteiger partial charge on any atom is 0.358 e. The zero-order chi connectivity index (χ0) is 28.6. The molecule has 0 saturated carbocycles. The maximum absolute atomic E-state index is 11.5. The first kappa shape index (κ1) is 27.9. The Hall–Kier alpha value is -5.09. The van der Waals surface area contributed by atoms with Crippen LogP contribution in [0.3, 0.4) is 0 Å². The SMILES string of the molecule is CO/N=C(\C(=O)O)c1csc(Nc2nc(Nc3ccc(C)cc3)nc(Nc3cc(/C(=N\OC)C(=O)O)cs3)n2)c1. The molecule has 3 heterocycles. The van der Waals surface area contributed by atoms with Crippen LogP contribution in [0.15, 0.2) is 57.5 Å². The standard InChI is InChI=1S/C24H22N8O6S2/c1-12-4-6-15(7-5-12)25-22-28-23(26-16-8-13(10-39-16)18(20(33)34)31-37-2)30-24(29-22)27-17-9-14(11-40-17)19(21(35)36)32-38-3/h4-11H,1-3H3,(H,33,34)(H,35,36)(H3,25,26,27,28,29,30)/b31-18-,32-19+. The molecule has 0 bridgehead atoms. The first-order chi connectivity index (χ1) is 19.2. The van der Waals surface area contributed by atoms with Gasteiger partial charge in [-0.25, -0.2) is 9.59 Å². The van der Waals surface area contributed by atoms with Crippen LogP contribution in [0.5, 0.6) is 0 Å². The monoisotopic (exact) mass is 582 g/mol. The van der Waals surface area contributed by atoms with Crippen molar-refractivity contribution in [1.82, 2.24) is 15.0 Å². The number of carboxylic acids is 2. The van der Waals surface area contributed by atoms with Crippen molar-refractivity contribution < 1.29 is 29.5 Å². The van der Waals surface area contributed by atoms with Gasteiger partial charge in [0.15, 0.2) is 11.4 Å². The number of benzene rings is 1. The Morgan fingerprint density at radius 3 is 1.57 bits per heavy atom. The third-order valence-electron chi connectivity index (χ3n) is 4.93. The van der Waals surface area contributed by atoms with Gasteiger partial charge in [0.25, 0.3) is 0 Å². The van der Waals surface area contributed by atoms with Crippen molar-refractivity contribution in [1.29, 1.82) is 0 Å². The third-order valence-corrected chi connectivity index (χ3v) is 6.62. The van der Waals surface area contributed by atoms with Gasteiger partial charge in [0, 0.05) is 27.6 Å². The van der Waals surface area contributed by atoms with E-state index in [0.717, 1.165) is 11.3 Å². The quantitative estimate of drug-likeness (QED) is 0.117. The number of nitrogens with zero attached hydrogens (tertiary/aromatic N) is 5. The number of carbonyl (C=O) groups is 2. The van der Waals surface area contributed by atoms with Crippen LogP contribution >= 0.6 is 22.7 Å². The van der Waals surface area contributed by atoms with Gasteiger partial charge in [0.05, 0.1) is 10.0 Å². The number of rotatable bonds is 12. The van der Waals surface area contributed by atoms with Crippen LogP contribution in [0, 0.1) is 6.92 Å². The predicted octanol–water partition coefficient (Wildman–Crippen LogP) is 4.40. The lowest BCUT2D eigenvalue weighted by Crippen LogP contribution is -2.14. The molecule has 0 unspecified atom stereocenters. The summed E-state index contributed by atoms with van der Waals surface area (Å²) in [7, 11) is 2.53. The largest absolute Gasteiger partial charge is 0.476 e. The zero-order valence-electron chi connectivity index (χ0n) is 21.2. The van der Waals surface area contributed by atoms with Crippen molar-refractivity contribution >= 4 is 79.6 Å². The molecular formula is C24H22N8O6S2. The van der Waals surface area contributed by atoms with E-state index in [-0.39, 0.29) is 29.3 Å². The van der Waals surface area contributed by atoms with E-state index in [1.54, 1.807) is 22.9 Å². The van der Waals surface area contributed by atoms with Gasteiger partial charge in [0.1, 0.15) is 14.2 Å². The molecule has 4 rings (SSSR count). The third kappa shape index (κ3) is 7.06. The lowest BCUT2D eigenvalue weighted by Gasteiger charge is -2.10. The number of carboxylic acid groups (broad SMARTS) is 2. The summed E-state index contributed by atoms with van der Waals surface area (Å²) < 4.78 is 0. The minimum atomic E-state index is -1.24. The number of thiophene rings is 2. The first-order valence-corrected chi connectivity index (χ1v) is 13.0. The van der Waals surface area contributed by atoms with Gasteiger partial charge in [-0.1, -0.05) is 28.0 Å². The molecule has 0 fully saturated rings. The van der Waals surface area contributed by atoms with Crippen molar-refractivity contribution in [3.63, 3.8) is 0 Å². The summed E-state index contributed by atoms with van der Waals surface area (Å²) in [5.41, 5.74) is 2.00. The summed E-state index contributed by atoms with van der Waals surface area (Å²) >= 11 is 2.44. The summed E-state index contributed by atoms with van der Waals surface area (Å²) in [5.74, 6) is -1.94. The van der Waals surface area contributed by atoms with Crippen LogP contribution in [-0.2, 0) is 19.3 Å². The highest BCUT2D eigenvalue weighted by Gasteiger charge is 2.18. The molecule has 206 valence electrons. The second-order valence-corrected chi connectivity index (χ2v) is 9.62. The second-order valence-electron chi connectivity index (χ2n) is 7.80. The highest BCUT2D eigenvalue weighted by Crippen LogP contribution is 2.28. The molecule has 0 radical (unpaired) electrons. The Labute approximate surface area is 235 Å². The normalized spacial score (nSPS) is 11.6. The summed E-state index contributed by atoms with van der Waals surface area (Å²) in [6.45, 7) is 1.97. The maximum atomic E-state index is 11.5. The lowest BCUT2D eigenvalue weighted by atomic mass is 10.2. The fraction of sp³-hybridized carbons (Fsp3) is 0.125. The zero-order valence-corrected chi connectivity index (χ0v) is 22.8. The van der Waals surface area contributed by atoms with Crippen LogP contribution in [0.4, 0.5) is 33.5 Å². The Kier molecular flexibility index (Phi) is 8.82. The Balaban J connectivity index is 1.64. The molecule has 5 N–H and O–H groups in total. The Morgan fingerprint density at radius 1 is 0.750 bits per heavy atom. The molecule has 0 aliphatic heterocycles. The first-order valence-electron chi connectivity index (χ1n) is 11.3. The van der Waals surface area contributed by atoms with E-state index < -0.39 is 11.9 Å². The molecule has 4 aromatic rings. The summed E-state index contributed by atoms with van der Waals surface area (Å²) in [5, 5.41) is 39.5. The van der Waals surface area contributed by atoms with E-state index in [4.69, 9.17) is 0 Å². The average molecular weight is 583 g/mol. The van der Waals surface area contributed by atoms with E-state index in [1.165, 1.54) is 36.9 Å². The molecule has 0 aliphatic rings. The van der Waals surface area contributed by atoms with Crippen LogP contribution in [0.2, 0.25) is 0 Å². The van der Waals surface area contributed by atoms with E-state index in [9.17, 15) is 19.8 Å². The van der Waals surface area contributed by atoms with Crippen molar-refractivity contribution in [2.45, 2.75) is 6.92 Å². The highest BCUT2D eigenvalue weighted by molar-refractivity contribution is 7.15. The van der Waals surface area contributed by atoms with Gasteiger partial charge >= 0.3 is 11.9 Å². The Bertz CT molecular complexity index is 1490. The van der Waals surface area contributed by atoms with Crippen molar-refractivity contribution in [3.05, 3.63) is 63.8 Å². The number of anilines is 6. The molecule has 14 nitrogen and oxygen atoms in total. The van der Waals surface area contributed by atoms with Crippen LogP contribution in [0.1, 0.15) is 16.7 Å². The van der Waals surface area contributed by atoms with Crippen LogP contribution in [-0.4, -0.2) is 62.7 Å². The fourth-order valence-corrected chi connectivity index (χ4v) is 4.75. The lowest BCUT2D eigenvalue weighted by molar-refractivity contribution is -0.130. The topological polar surface area (TPSA) is 193 Å². The molecule has 40 heavy (non-hydrogen) atoms. The van der Waals surface area contributed by atoms with Gasteiger partial charge < -0.3 is 35.8 Å². The van der Waals surface area contributed by atoms with E-state index in [2.05, 4.69) is 50.9 Å². The fourth-order valence-electron chi connectivity index (χ4n) is 3.19. The number of aromatic nitrogens is 3. The highest BCUT2D eigenvalue weighted by atomic mass is 32.1. The van der Waals surface area contributed by atoms with Gasteiger partial charge in [0.2, 0.25) is 17.8 Å². The predicted molar refractivity (Wildman–Crippen MR) is 152 cm³/mol. The molecule has 16 heteroatoms. The summed E-state index contributed by atoms with van der Waals surface area (Å²) in [4.78, 5) is 45.6. The summed E-state index contributed by atoms with van der Waals surface area (Å²) in [6, 6.07) is 10.8. The van der Waals surface area contributed by atoms with Crippen LogP contribution < -0.4 is 16.0 Å². The van der Waals surface area contributed by atoms with E-state index in [1.807, 2.05) is 31.2 Å². The summed E-state index contributed by atoms with van der Waals surface area (Å²) in [6.07, 6.45) is 0. The van der Waals surface area contributed by atoms with Gasteiger partial charge in [-0.3, -0.25) is 0 Å². The molecule has 0 atom stereocenters. The Morgan fingerprint density at radius 2 is 1.18 bits per heavy atom. The molecule has 1 aromatic carbocycles. The minimum absolute atomic E-state index is 0.157. The molecular weight excluding hydrogens is 560 g/mol. The molecule has 0 amide bonds. The number of oxime groups is 2. The van der Waals surface area contributed by atoms with E-state index >= 15 is 0 Å². The van der Waals surface area contributed by atoms with Gasteiger partial charge in [-0.15, -0.1) is 22.7 Å². The number of nitrogens with one attached hydrogen (secondary N) is 3. The molecule has 0 spiro atoms.